The SMILES string of the molecule is O=Cc1cccn1-c1nc(-c2ccc3ccccc3c2)cs1. The predicted octanol–water partition coefficient (Wildman–Crippen LogP) is 4.57. The van der Waals surface area contributed by atoms with E-state index in [2.05, 4.69) is 35.3 Å². The van der Waals surface area contributed by atoms with Crippen molar-refractivity contribution in [3.8, 4) is 16.4 Å². The molecule has 2 aromatic carbocycles. The summed E-state index contributed by atoms with van der Waals surface area (Å²) in [5.74, 6) is 0. The van der Waals surface area contributed by atoms with E-state index in [4.69, 9.17) is 0 Å². The molecule has 0 N–H and O–H groups in total. The van der Waals surface area contributed by atoms with Gasteiger partial charge in [0, 0.05) is 17.1 Å². The summed E-state index contributed by atoms with van der Waals surface area (Å²) in [4.78, 5) is 15.7. The molecular weight excluding hydrogens is 292 g/mol. The molecule has 0 radical (unpaired) electrons. The van der Waals surface area contributed by atoms with E-state index in [0.717, 1.165) is 22.7 Å². The summed E-state index contributed by atoms with van der Waals surface area (Å²) < 4.78 is 1.81. The summed E-state index contributed by atoms with van der Waals surface area (Å²) in [6.45, 7) is 0. The Morgan fingerprint density at radius 1 is 1.00 bits per heavy atom. The highest BCUT2D eigenvalue weighted by atomic mass is 32.1. The largest absolute Gasteiger partial charge is 0.296 e. The van der Waals surface area contributed by atoms with Crippen LogP contribution < -0.4 is 0 Å². The Balaban J connectivity index is 1.78. The number of hydrogen-bond acceptors (Lipinski definition) is 3. The molecule has 0 saturated heterocycles. The smallest absolute Gasteiger partial charge is 0.194 e. The standard InChI is InChI=1S/C18H12N2OS/c21-11-16-6-3-9-20(16)18-19-17(12-22-18)15-8-7-13-4-1-2-5-14(13)10-15/h1-12H. The molecule has 4 aromatic rings. The molecule has 0 aliphatic heterocycles. The first kappa shape index (κ1) is 13.0. The van der Waals surface area contributed by atoms with Crippen LogP contribution in [0.15, 0.2) is 66.2 Å². The Morgan fingerprint density at radius 3 is 2.73 bits per heavy atom. The minimum absolute atomic E-state index is 0.611. The minimum Gasteiger partial charge on any atom is -0.296 e. The summed E-state index contributed by atoms with van der Waals surface area (Å²) in [7, 11) is 0. The number of carbonyl (C=O) groups excluding carboxylic acids is 1. The number of aromatic nitrogens is 2. The van der Waals surface area contributed by atoms with Crippen molar-refractivity contribution < 1.29 is 4.79 Å². The Kier molecular flexibility index (Phi) is 3.09. The lowest BCUT2D eigenvalue weighted by Gasteiger charge is -2.01. The molecule has 0 amide bonds. The molecule has 0 fully saturated rings. The lowest BCUT2D eigenvalue weighted by atomic mass is 10.1. The average molecular weight is 304 g/mol. The first-order chi connectivity index (χ1) is 10.8. The second-order valence-electron chi connectivity index (χ2n) is 5.00. The summed E-state index contributed by atoms with van der Waals surface area (Å²) in [5, 5.41) is 5.24. The number of fused-ring (bicyclic) bond motifs is 1. The summed E-state index contributed by atoms with van der Waals surface area (Å²) in [6.07, 6.45) is 2.70. The van der Waals surface area contributed by atoms with Gasteiger partial charge in [-0.15, -0.1) is 11.3 Å². The van der Waals surface area contributed by atoms with Crippen LogP contribution in [0.25, 0.3) is 27.2 Å². The van der Waals surface area contributed by atoms with E-state index in [9.17, 15) is 4.79 Å². The summed E-state index contributed by atoms with van der Waals surface area (Å²) in [5.41, 5.74) is 2.62. The van der Waals surface area contributed by atoms with E-state index in [1.165, 1.54) is 22.1 Å². The van der Waals surface area contributed by atoms with E-state index < -0.39 is 0 Å². The van der Waals surface area contributed by atoms with Crippen LogP contribution in [-0.4, -0.2) is 15.8 Å². The van der Waals surface area contributed by atoms with Gasteiger partial charge in [-0.1, -0.05) is 36.4 Å². The molecule has 0 spiro atoms. The molecule has 2 heterocycles. The van der Waals surface area contributed by atoms with Crippen molar-refractivity contribution >= 4 is 28.4 Å². The fourth-order valence-corrected chi connectivity index (χ4v) is 3.36. The van der Waals surface area contributed by atoms with Gasteiger partial charge in [-0.3, -0.25) is 9.36 Å². The number of aldehydes is 1. The van der Waals surface area contributed by atoms with Crippen LogP contribution >= 0.6 is 11.3 Å². The van der Waals surface area contributed by atoms with Crippen molar-refractivity contribution in [3.05, 3.63) is 71.9 Å². The zero-order valence-electron chi connectivity index (χ0n) is 11.6. The normalized spacial score (nSPS) is 10.9. The monoisotopic (exact) mass is 304 g/mol. The number of rotatable bonds is 3. The molecule has 106 valence electrons. The van der Waals surface area contributed by atoms with Crippen molar-refractivity contribution in [2.24, 2.45) is 0 Å². The Hall–Kier alpha value is -2.72. The van der Waals surface area contributed by atoms with E-state index in [1.54, 1.807) is 6.07 Å². The van der Waals surface area contributed by atoms with Gasteiger partial charge in [0.1, 0.15) is 0 Å². The maximum atomic E-state index is 11.0. The number of hydrogen-bond donors (Lipinski definition) is 0. The number of thiazole rings is 1. The molecule has 0 atom stereocenters. The molecule has 3 nitrogen and oxygen atoms in total. The Bertz CT molecular complexity index is 968. The molecular formula is C18H12N2OS. The van der Waals surface area contributed by atoms with Crippen LogP contribution in [0.3, 0.4) is 0 Å². The molecule has 0 unspecified atom stereocenters. The lowest BCUT2D eigenvalue weighted by Crippen LogP contribution is -1.96. The third kappa shape index (κ3) is 2.14. The van der Waals surface area contributed by atoms with Gasteiger partial charge in [0.05, 0.1) is 11.4 Å². The highest BCUT2D eigenvalue weighted by Gasteiger charge is 2.09. The molecule has 0 saturated carbocycles. The van der Waals surface area contributed by atoms with E-state index in [1.807, 2.05) is 34.3 Å². The van der Waals surface area contributed by atoms with E-state index in [-0.39, 0.29) is 0 Å². The molecule has 4 heteroatoms. The molecule has 4 rings (SSSR count). The van der Waals surface area contributed by atoms with Crippen molar-refractivity contribution in [2.45, 2.75) is 0 Å². The molecule has 0 bridgehead atoms. The molecule has 2 aromatic heterocycles. The Labute approximate surface area is 131 Å². The van der Waals surface area contributed by atoms with Gasteiger partial charge < -0.3 is 0 Å². The van der Waals surface area contributed by atoms with Crippen molar-refractivity contribution in [1.82, 2.24) is 9.55 Å². The maximum absolute atomic E-state index is 11.0. The number of benzene rings is 2. The second kappa shape index (κ2) is 5.24. The van der Waals surface area contributed by atoms with Gasteiger partial charge in [-0.2, -0.15) is 0 Å². The highest BCUT2D eigenvalue weighted by Crippen LogP contribution is 2.27. The van der Waals surface area contributed by atoms with Crippen LogP contribution in [0.4, 0.5) is 0 Å². The second-order valence-corrected chi connectivity index (χ2v) is 5.83. The third-order valence-electron chi connectivity index (χ3n) is 3.64. The Morgan fingerprint density at radius 2 is 1.86 bits per heavy atom. The van der Waals surface area contributed by atoms with Crippen LogP contribution in [-0.2, 0) is 0 Å². The maximum Gasteiger partial charge on any atom is 0.194 e. The van der Waals surface area contributed by atoms with Crippen LogP contribution in [0.1, 0.15) is 10.5 Å². The van der Waals surface area contributed by atoms with Crippen LogP contribution in [0.5, 0.6) is 0 Å². The lowest BCUT2D eigenvalue weighted by molar-refractivity contribution is 0.111. The van der Waals surface area contributed by atoms with E-state index >= 15 is 0 Å². The van der Waals surface area contributed by atoms with Gasteiger partial charge in [0.15, 0.2) is 11.4 Å². The number of carbonyl (C=O) groups is 1. The number of nitrogens with zero attached hydrogens (tertiary/aromatic N) is 2. The minimum atomic E-state index is 0.611. The third-order valence-corrected chi connectivity index (χ3v) is 4.48. The average Bonchev–Trinajstić information content (AvgIpc) is 3.22. The fraction of sp³-hybridized carbons (Fsp3) is 0. The van der Waals surface area contributed by atoms with Gasteiger partial charge >= 0.3 is 0 Å². The summed E-state index contributed by atoms with van der Waals surface area (Å²) in [6, 6.07) is 18.2. The molecule has 22 heavy (non-hydrogen) atoms. The van der Waals surface area contributed by atoms with Gasteiger partial charge in [0.2, 0.25) is 0 Å². The first-order valence-corrected chi connectivity index (χ1v) is 7.81. The van der Waals surface area contributed by atoms with Crippen LogP contribution in [0, 0.1) is 0 Å². The zero-order chi connectivity index (χ0) is 14.9. The van der Waals surface area contributed by atoms with E-state index in [0.29, 0.717) is 5.69 Å². The van der Waals surface area contributed by atoms with Gasteiger partial charge in [0.25, 0.3) is 0 Å². The predicted molar refractivity (Wildman–Crippen MR) is 89.8 cm³/mol. The fourth-order valence-electron chi connectivity index (χ4n) is 2.52. The first-order valence-electron chi connectivity index (χ1n) is 6.93. The molecule has 0 aliphatic carbocycles. The van der Waals surface area contributed by atoms with Gasteiger partial charge in [-0.05, 0) is 29.0 Å². The topological polar surface area (TPSA) is 34.9 Å². The molecule has 0 aliphatic rings. The van der Waals surface area contributed by atoms with Crippen LogP contribution in [0.2, 0.25) is 0 Å². The highest BCUT2D eigenvalue weighted by molar-refractivity contribution is 7.12. The quantitative estimate of drug-likeness (QED) is 0.520. The van der Waals surface area contributed by atoms with Crippen molar-refractivity contribution in [1.29, 1.82) is 0 Å². The summed E-state index contributed by atoms with van der Waals surface area (Å²) >= 11 is 1.53. The van der Waals surface area contributed by atoms with Crippen molar-refractivity contribution in [2.75, 3.05) is 0 Å². The van der Waals surface area contributed by atoms with Crippen molar-refractivity contribution in [3.63, 3.8) is 0 Å². The van der Waals surface area contributed by atoms with Gasteiger partial charge in [-0.25, -0.2) is 4.98 Å². The zero-order valence-corrected chi connectivity index (χ0v) is 12.5.